The molecule has 1 aliphatic heterocycles. The van der Waals surface area contributed by atoms with E-state index in [1.807, 2.05) is 23.1 Å². The highest BCUT2D eigenvalue weighted by Gasteiger charge is 2.23. The van der Waals surface area contributed by atoms with Crippen molar-refractivity contribution in [3.63, 3.8) is 0 Å². The largest absolute Gasteiger partial charge is 0.493 e. The maximum absolute atomic E-state index is 13.8. The van der Waals surface area contributed by atoms with Crippen molar-refractivity contribution in [2.45, 2.75) is 52.1 Å². The second-order valence-electron chi connectivity index (χ2n) is 10.4. The van der Waals surface area contributed by atoms with Gasteiger partial charge >= 0.3 is 0 Å². The number of rotatable bonds is 13. The zero-order valence-electron chi connectivity index (χ0n) is 24.0. The van der Waals surface area contributed by atoms with Crippen LogP contribution in [-0.4, -0.2) is 81.8 Å². The molecule has 2 aromatic carbocycles. The van der Waals surface area contributed by atoms with Crippen LogP contribution in [0.1, 0.15) is 56.0 Å². The highest BCUT2D eigenvalue weighted by molar-refractivity contribution is 5.96. The predicted octanol–water partition coefficient (Wildman–Crippen LogP) is 5.11. The number of nitrogens with one attached hydrogen (secondary N) is 1. The third-order valence-corrected chi connectivity index (χ3v) is 6.83. The van der Waals surface area contributed by atoms with Crippen LogP contribution < -0.4 is 19.5 Å². The third kappa shape index (κ3) is 8.50. The summed E-state index contributed by atoms with van der Waals surface area (Å²) in [6, 6.07) is 14.7. The summed E-state index contributed by atoms with van der Waals surface area (Å²) in [4.78, 5) is 18.3. The summed E-state index contributed by atoms with van der Waals surface area (Å²) in [5, 5.41) is 3.68. The molecule has 1 unspecified atom stereocenters. The number of methoxy groups -OCH3 is 3. The van der Waals surface area contributed by atoms with Crippen molar-refractivity contribution in [3.05, 3.63) is 59.2 Å². The molecule has 7 nitrogen and oxygen atoms in total. The average molecular weight is 524 g/mol. The van der Waals surface area contributed by atoms with Gasteiger partial charge in [0.1, 0.15) is 0 Å². The van der Waals surface area contributed by atoms with Crippen molar-refractivity contribution in [2.24, 2.45) is 0 Å². The second kappa shape index (κ2) is 14.8. The molecule has 1 fully saturated rings. The monoisotopic (exact) mass is 523 g/mol. The molecule has 3 rings (SSSR count). The number of hydrogen-bond donors (Lipinski definition) is 1. The van der Waals surface area contributed by atoms with E-state index >= 15 is 0 Å². The Bertz CT molecular complexity index is 1030. The number of amides is 1. The van der Waals surface area contributed by atoms with Gasteiger partial charge in [0.25, 0.3) is 5.91 Å². The molecule has 1 amide bonds. The van der Waals surface area contributed by atoms with Gasteiger partial charge < -0.3 is 29.3 Å². The van der Waals surface area contributed by atoms with E-state index < -0.39 is 0 Å². The molecule has 1 aliphatic rings. The lowest BCUT2D eigenvalue weighted by atomic mass is 10.0. The van der Waals surface area contributed by atoms with Gasteiger partial charge in [-0.3, -0.25) is 4.79 Å². The van der Waals surface area contributed by atoms with Crippen LogP contribution in [0.4, 0.5) is 0 Å². The van der Waals surface area contributed by atoms with E-state index in [9.17, 15) is 4.79 Å². The molecule has 1 heterocycles. The molecule has 1 atom stereocenters. The molecular formula is C31H45N3O4. The molecule has 0 spiro atoms. The highest BCUT2D eigenvalue weighted by Crippen LogP contribution is 2.38. The smallest absolute Gasteiger partial charge is 0.254 e. The maximum Gasteiger partial charge on any atom is 0.254 e. The quantitative estimate of drug-likeness (QED) is 0.394. The van der Waals surface area contributed by atoms with E-state index in [-0.39, 0.29) is 5.91 Å². The van der Waals surface area contributed by atoms with Gasteiger partial charge in [-0.25, -0.2) is 0 Å². The summed E-state index contributed by atoms with van der Waals surface area (Å²) >= 11 is 0. The Labute approximate surface area is 228 Å². The van der Waals surface area contributed by atoms with Gasteiger partial charge in [0.2, 0.25) is 5.75 Å². The fourth-order valence-electron chi connectivity index (χ4n) is 5.17. The summed E-state index contributed by atoms with van der Waals surface area (Å²) in [5.41, 5.74) is 2.77. The van der Waals surface area contributed by atoms with Crippen LogP contribution in [0, 0.1) is 0 Å². The highest BCUT2D eigenvalue weighted by atomic mass is 16.5. The Kier molecular flexibility index (Phi) is 11.5. The topological polar surface area (TPSA) is 63.3 Å². The summed E-state index contributed by atoms with van der Waals surface area (Å²) < 4.78 is 16.5. The summed E-state index contributed by atoms with van der Waals surface area (Å²) in [6.07, 6.45) is 5.48. The first-order chi connectivity index (χ1) is 18.3. The molecular weight excluding hydrogens is 478 g/mol. The SMILES string of the molecule is COc1cc(C(=O)N(CCCN2CCCC(NC(C)C)C2)CC(C)=Cc2ccccc2)cc(OC)c1OC. The zero-order valence-corrected chi connectivity index (χ0v) is 24.0. The Hall–Kier alpha value is -3.03. The van der Waals surface area contributed by atoms with Gasteiger partial charge in [-0.1, -0.05) is 55.8 Å². The third-order valence-electron chi connectivity index (χ3n) is 6.83. The van der Waals surface area contributed by atoms with Crippen LogP contribution in [0.5, 0.6) is 17.2 Å². The summed E-state index contributed by atoms with van der Waals surface area (Å²) in [7, 11) is 4.69. The first-order valence-electron chi connectivity index (χ1n) is 13.6. The Balaban J connectivity index is 1.77. The molecule has 0 saturated carbocycles. The molecule has 0 bridgehead atoms. The summed E-state index contributed by atoms with van der Waals surface area (Å²) in [6.45, 7) is 10.8. The number of ether oxygens (including phenoxy) is 3. The van der Waals surface area contributed by atoms with Crippen LogP contribution in [0.25, 0.3) is 6.08 Å². The van der Waals surface area contributed by atoms with Crippen LogP contribution >= 0.6 is 0 Å². The number of likely N-dealkylation sites (tertiary alicyclic amines) is 1. The van der Waals surface area contributed by atoms with E-state index in [0.29, 0.717) is 48.0 Å². The average Bonchev–Trinajstić information content (AvgIpc) is 2.91. The predicted molar refractivity (Wildman–Crippen MR) is 154 cm³/mol. The molecule has 2 aromatic rings. The Morgan fingerprint density at radius 1 is 1.11 bits per heavy atom. The number of carbonyl (C=O) groups excluding carboxylic acids is 1. The van der Waals surface area contributed by atoms with Crippen molar-refractivity contribution in [3.8, 4) is 17.2 Å². The lowest BCUT2D eigenvalue weighted by Gasteiger charge is -2.34. The molecule has 7 heteroatoms. The first kappa shape index (κ1) is 29.5. The first-order valence-corrected chi connectivity index (χ1v) is 13.6. The van der Waals surface area contributed by atoms with E-state index in [1.165, 1.54) is 12.8 Å². The van der Waals surface area contributed by atoms with E-state index in [1.54, 1.807) is 33.5 Å². The van der Waals surface area contributed by atoms with E-state index in [2.05, 4.69) is 49.2 Å². The van der Waals surface area contributed by atoms with Crippen molar-refractivity contribution in [2.75, 3.05) is 54.1 Å². The zero-order chi connectivity index (χ0) is 27.5. The number of nitrogens with zero attached hydrogens (tertiary/aromatic N) is 2. The number of benzene rings is 2. The van der Waals surface area contributed by atoms with Crippen molar-refractivity contribution in [1.29, 1.82) is 0 Å². The van der Waals surface area contributed by atoms with Crippen molar-refractivity contribution >= 4 is 12.0 Å². The van der Waals surface area contributed by atoms with Crippen LogP contribution in [0.15, 0.2) is 48.0 Å². The molecule has 1 saturated heterocycles. The van der Waals surface area contributed by atoms with E-state index in [0.717, 1.165) is 37.2 Å². The fraction of sp³-hybridized carbons (Fsp3) is 0.516. The van der Waals surface area contributed by atoms with Gasteiger partial charge in [0.05, 0.1) is 21.3 Å². The molecule has 0 aliphatic carbocycles. The standard InChI is InChI=1S/C31H45N3O4/c1-23(2)32-27-14-10-15-33(22-27)16-11-17-34(21-24(3)18-25-12-8-7-9-13-25)31(35)26-19-28(36-4)30(38-6)29(20-26)37-5/h7-9,12-13,18-20,23,27,32H,10-11,14-17,21-22H2,1-6H3. The van der Waals surface area contributed by atoms with E-state index in [4.69, 9.17) is 14.2 Å². The van der Waals surface area contributed by atoms with Gasteiger partial charge in [0.15, 0.2) is 11.5 Å². The lowest BCUT2D eigenvalue weighted by molar-refractivity contribution is 0.0758. The van der Waals surface area contributed by atoms with Gasteiger partial charge in [-0.05, 0) is 57.0 Å². The lowest BCUT2D eigenvalue weighted by Crippen LogP contribution is -2.48. The minimum absolute atomic E-state index is 0.0527. The number of hydrogen-bond acceptors (Lipinski definition) is 6. The molecule has 208 valence electrons. The van der Waals surface area contributed by atoms with Crippen LogP contribution in [0.2, 0.25) is 0 Å². The summed E-state index contributed by atoms with van der Waals surface area (Å²) in [5.74, 6) is 1.38. The minimum Gasteiger partial charge on any atom is -0.493 e. The van der Waals surface area contributed by atoms with Crippen molar-refractivity contribution < 1.29 is 19.0 Å². The number of piperidine rings is 1. The van der Waals surface area contributed by atoms with Crippen LogP contribution in [-0.2, 0) is 0 Å². The Morgan fingerprint density at radius 3 is 2.39 bits per heavy atom. The van der Waals surface area contributed by atoms with Crippen LogP contribution in [0.3, 0.4) is 0 Å². The van der Waals surface area contributed by atoms with Gasteiger partial charge in [-0.15, -0.1) is 0 Å². The van der Waals surface area contributed by atoms with Gasteiger partial charge in [-0.2, -0.15) is 0 Å². The molecule has 1 N–H and O–H groups in total. The molecule has 0 radical (unpaired) electrons. The normalized spacial score (nSPS) is 16.4. The molecule has 38 heavy (non-hydrogen) atoms. The minimum atomic E-state index is -0.0527. The fourth-order valence-corrected chi connectivity index (χ4v) is 5.17. The Morgan fingerprint density at radius 2 is 1.79 bits per heavy atom. The maximum atomic E-state index is 13.8. The van der Waals surface area contributed by atoms with Crippen molar-refractivity contribution in [1.82, 2.24) is 15.1 Å². The van der Waals surface area contributed by atoms with Gasteiger partial charge in [0, 0.05) is 37.3 Å². The molecule has 0 aromatic heterocycles. The number of carbonyl (C=O) groups is 1. The second-order valence-corrected chi connectivity index (χ2v) is 10.4.